The molecule has 0 aromatic heterocycles. The van der Waals surface area contributed by atoms with Crippen LogP contribution in [0.3, 0.4) is 0 Å². The highest BCUT2D eigenvalue weighted by Crippen LogP contribution is 2.36. The van der Waals surface area contributed by atoms with Gasteiger partial charge in [0.15, 0.2) is 0 Å². The first-order valence-electron chi connectivity index (χ1n) is 7.19. The van der Waals surface area contributed by atoms with Crippen LogP contribution in [0.5, 0.6) is 0 Å². The van der Waals surface area contributed by atoms with Crippen molar-refractivity contribution in [3.05, 3.63) is 0 Å². The molecule has 0 bridgehead atoms. The van der Waals surface area contributed by atoms with E-state index in [2.05, 4.69) is 17.6 Å². The van der Waals surface area contributed by atoms with Crippen molar-refractivity contribution in [1.29, 1.82) is 0 Å². The molecule has 19 heavy (non-hydrogen) atoms. The maximum absolute atomic E-state index is 12.3. The zero-order chi connectivity index (χ0) is 14.0. The molecule has 5 heteroatoms. The number of amides is 1. The summed E-state index contributed by atoms with van der Waals surface area (Å²) in [5, 5.41) is 15.6. The zero-order valence-electron chi connectivity index (χ0n) is 11.7. The Morgan fingerprint density at radius 1 is 1.32 bits per heavy atom. The number of carboxylic acids is 1. The van der Waals surface area contributed by atoms with Gasteiger partial charge >= 0.3 is 5.97 Å². The van der Waals surface area contributed by atoms with Crippen LogP contribution in [0.2, 0.25) is 0 Å². The van der Waals surface area contributed by atoms with Crippen molar-refractivity contribution in [2.45, 2.75) is 45.6 Å². The minimum absolute atomic E-state index is 0.0110. The first-order valence-corrected chi connectivity index (χ1v) is 7.19. The van der Waals surface area contributed by atoms with Crippen molar-refractivity contribution < 1.29 is 14.7 Å². The van der Waals surface area contributed by atoms with E-state index in [-0.39, 0.29) is 17.9 Å². The number of nitrogens with one attached hydrogen (secondary N) is 2. The smallest absolute Gasteiger partial charge is 0.311 e. The van der Waals surface area contributed by atoms with Crippen LogP contribution in [-0.4, -0.2) is 36.1 Å². The van der Waals surface area contributed by atoms with E-state index in [9.17, 15) is 14.7 Å². The van der Waals surface area contributed by atoms with Crippen LogP contribution < -0.4 is 10.6 Å². The molecule has 0 aromatic rings. The van der Waals surface area contributed by atoms with Crippen molar-refractivity contribution in [3.63, 3.8) is 0 Å². The van der Waals surface area contributed by atoms with E-state index < -0.39 is 11.4 Å². The van der Waals surface area contributed by atoms with Crippen LogP contribution in [0.1, 0.15) is 39.5 Å². The predicted octanol–water partition coefficient (Wildman–Crippen LogP) is 0.992. The minimum atomic E-state index is -0.816. The van der Waals surface area contributed by atoms with Crippen molar-refractivity contribution in [3.8, 4) is 0 Å². The van der Waals surface area contributed by atoms with Gasteiger partial charge in [-0.3, -0.25) is 9.59 Å². The molecule has 2 aliphatic rings. The first-order chi connectivity index (χ1) is 8.95. The molecule has 0 radical (unpaired) electrons. The van der Waals surface area contributed by atoms with Crippen LogP contribution in [-0.2, 0) is 9.59 Å². The van der Waals surface area contributed by atoms with Crippen molar-refractivity contribution in [2.24, 2.45) is 17.3 Å². The maximum atomic E-state index is 12.3. The van der Waals surface area contributed by atoms with Gasteiger partial charge in [0.2, 0.25) is 5.91 Å². The van der Waals surface area contributed by atoms with Crippen molar-refractivity contribution in [2.75, 3.05) is 13.1 Å². The second-order valence-electron chi connectivity index (χ2n) is 6.27. The topological polar surface area (TPSA) is 78.4 Å². The second-order valence-corrected chi connectivity index (χ2v) is 6.27. The summed E-state index contributed by atoms with van der Waals surface area (Å²) in [4.78, 5) is 23.8. The molecule has 108 valence electrons. The van der Waals surface area contributed by atoms with Gasteiger partial charge in [-0.15, -0.1) is 0 Å². The van der Waals surface area contributed by atoms with Crippen LogP contribution in [0.4, 0.5) is 0 Å². The zero-order valence-corrected chi connectivity index (χ0v) is 11.7. The molecule has 3 N–H and O–H groups in total. The normalized spacial score (nSPS) is 38.9. The third kappa shape index (κ3) is 2.76. The third-order valence-corrected chi connectivity index (χ3v) is 4.87. The predicted molar refractivity (Wildman–Crippen MR) is 71.7 cm³/mol. The number of aliphatic carboxylic acids is 1. The Labute approximate surface area is 114 Å². The van der Waals surface area contributed by atoms with Gasteiger partial charge in [-0.05, 0) is 32.2 Å². The fourth-order valence-corrected chi connectivity index (χ4v) is 3.26. The van der Waals surface area contributed by atoms with Crippen molar-refractivity contribution >= 4 is 11.9 Å². The number of carbonyl (C=O) groups is 2. The van der Waals surface area contributed by atoms with E-state index >= 15 is 0 Å². The SMILES string of the molecule is C[C@@H]1CNC[C@H]1C(=O)NC1CCCCC1(C)C(=O)O. The summed E-state index contributed by atoms with van der Waals surface area (Å²) in [5.41, 5.74) is -0.816. The van der Waals surface area contributed by atoms with E-state index in [1.165, 1.54) is 0 Å². The molecule has 1 aliphatic carbocycles. The molecule has 2 fully saturated rings. The molecule has 0 spiro atoms. The molecule has 1 saturated carbocycles. The Bertz CT molecular complexity index is 372. The average Bonchev–Trinajstić information content (AvgIpc) is 2.78. The van der Waals surface area contributed by atoms with Gasteiger partial charge in [-0.25, -0.2) is 0 Å². The standard InChI is InChI=1S/C14H24N2O3/c1-9-7-15-8-10(9)12(17)16-11-5-3-4-6-14(11,2)13(18)19/h9-11,15H,3-8H2,1-2H3,(H,16,17)(H,18,19)/t9-,10-,11?,14?/m1/s1. The number of hydrogen-bond donors (Lipinski definition) is 3. The number of hydrogen-bond acceptors (Lipinski definition) is 3. The number of rotatable bonds is 3. The highest BCUT2D eigenvalue weighted by molar-refractivity contribution is 5.82. The lowest BCUT2D eigenvalue weighted by Gasteiger charge is -2.39. The van der Waals surface area contributed by atoms with E-state index in [1.54, 1.807) is 6.92 Å². The lowest BCUT2D eigenvalue weighted by atomic mass is 9.71. The largest absolute Gasteiger partial charge is 0.481 e. The van der Waals surface area contributed by atoms with Gasteiger partial charge < -0.3 is 15.7 Å². The molecular formula is C14H24N2O3. The van der Waals surface area contributed by atoms with Gasteiger partial charge in [0, 0.05) is 12.6 Å². The molecule has 2 unspecified atom stereocenters. The second kappa shape index (κ2) is 5.49. The first kappa shape index (κ1) is 14.3. The van der Waals surface area contributed by atoms with E-state index in [0.29, 0.717) is 18.9 Å². The summed E-state index contributed by atoms with van der Waals surface area (Å²) < 4.78 is 0. The lowest BCUT2D eigenvalue weighted by molar-refractivity contribution is -0.152. The maximum Gasteiger partial charge on any atom is 0.311 e. The summed E-state index contributed by atoms with van der Waals surface area (Å²) in [7, 11) is 0. The van der Waals surface area contributed by atoms with Gasteiger partial charge in [0.05, 0.1) is 11.3 Å². The summed E-state index contributed by atoms with van der Waals surface area (Å²) in [6.07, 6.45) is 3.33. The third-order valence-electron chi connectivity index (χ3n) is 4.87. The van der Waals surface area contributed by atoms with Crippen LogP contribution in [0.25, 0.3) is 0 Å². The molecule has 1 heterocycles. The molecule has 1 aliphatic heterocycles. The molecule has 1 saturated heterocycles. The Morgan fingerprint density at radius 2 is 2.05 bits per heavy atom. The van der Waals surface area contributed by atoms with Gasteiger partial charge in [-0.2, -0.15) is 0 Å². The molecule has 0 aromatic carbocycles. The highest BCUT2D eigenvalue weighted by atomic mass is 16.4. The average molecular weight is 268 g/mol. The van der Waals surface area contributed by atoms with E-state index in [1.807, 2.05) is 0 Å². The Hall–Kier alpha value is -1.10. The molecule has 2 rings (SSSR count). The lowest BCUT2D eigenvalue weighted by Crippen LogP contribution is -2.53. The quantitative estimate of drug-likeness (QED) is 0.713. The summed E-state index contributed by atoms with van der Waals surface area (Å²) in [5.74, 6) is -0.494. The Balaban J connectivity index is 2.03. The Kier molecular flexibility index (Phi) is 4.13. The summed E-state index contributed by atoms with van der Waals surface area (Å²) in [6.45, 7) is 5.37. The van der Waals surface area contributed by atoms with E-state index in [0.717, 1.165) is 25.8 Å². The number of carbonyl (C=O) groups excluding carboxylic acids is 1. The minimum Gasteiger partial charge on any atom is -0.481 e. The molecule has 4 atom stereocenters. The summed E-state index contributed by atoms with van der Waals surface area (Å²) >= 11 is 0. The highest BCUT2D eigenvalue weighted by Gasteiger charge is 2.44. The monoisotopic (exact) mass is 268 g/mol. The van der Waals surface area contributed by atoms with E-state index in [4.69, 9.17) is 0 Å². The van der Waals surface area contributed by atoms with Gasteiger partial charge in [-0.1, -0.05) is 19.8 Å². The fourth-order valence-electron chi connectivity index (χ4n) is 3.26. The number of carboxylic acid groups (broad SMARTS) is 1. The van der Waals surface area contributed by atoms with Crippen LogP contribution >= 0.6 is 0 Å². The summed E-state index contributed by atoms with van der Waals surface area (Å²) in [6, 6.07) is -0.237. The fraction of sp³-hybridized carbons (Fsp3) is 0.857. The van der Waals surface area contributed by atoms with Crippen molar-refractivity contribution in [1.82, 2.24) is 10.6 Å². The molecule has 5 nitrogen and oxygen atoms in total. The molecular weight excluding hydrogens is 244 g/mol. The molecule has 1 amide bonds. The van der Waals surface area contributed by atoms with Crippen LogP contribution in [0.15, 0.2) is 0 Å². The van der Waals surface area contributed by atoms with Crippen LogP contribution in [0, 0.1) is 17.3 Å². The Morgan fingerprint density at radius 3 is 2.63 bits per heavy atom. The van der Waals surface area contributed by atoms with Gasteiger partial charge in [0.25, 0.3) is 0 Å². The van der Waals surface area contributed by atoms with Gasteiger partial charge in [0.1, 0.15) is 0 Å².